The number of carbonyl (C=O) groups is 3. The van der Waals surface area contributed by atoms with Gasteiger partial charge in [0.1, 0.15) is 6.04 Å². The van der Waals surface area contributed by atoms with Crippen LogP contribution < -0.4 is 11.1 Å². The van der Waals surface area contributed by atoms with E-state index in [0.717, 1.165) is 30.6 Å². The van der Waals surface area contributed by atoms with E-state index in [4.69, 9.17) is 5.73 Å². The van der Waals surface area contributed by atoms with Crippen molar-refractivity contribution < 1.29 is 14.4 Å². The summed E-state index contributed by atoms with van der Waals surface area (Å²) in [5.74, 6) is -0.770. The number of hydrogen-bond donors (Lipinski definition) is 2. The number of carbonyl (C=O) groups excluding carboxylic acids is 3. The normalized spacial score (nSPS) is 27.8. The number of piperidine rings is 1. The SMILES string of the molecule is CC1(C)C(N)CCN1Cc1ccc2c(c1)C(=O)N(C1CCC(=O)NC1=O)C2. The second-order valence-electron chi connectivity index (χ2n) is 8.36. The molecule has 3 heterocycles. The molecule has 7 heteroatoms. The van der Waals surface area contributed by atoms with E-state index in [1.807, 2.05) is 12.1 Å². The van der Waals surface area contributed by atoms with Crippen LogP contribution >= 0.6 is 0 Å². The summed E-state index contributed by atoms with van der Waals surface area (Å²) in [7, 11) is 0. The van der Waals surface area contributed by atoms with Gasteiger partial charge in [-0.2, -0.15) is 0 Å². The van der Waals surface area contributed by atoms with Gasteiger partial charge in [-0.25, -0.2) is 0 Å². The molecular weight excluding hydrogens is 344 g/mol. The van der Waals surface area contributed by atoms with Crippen molar-refractivity contribution in [1.29, 1.82) is 0 Å². The summed E-state index contributed by atoms with van der Waals surface area (Å²) in [5.41, 5.74) is 8.84. The zero-order valence-corrected chi connectivity index (χ0v) is 15.8. The number of nitrogens with zero attached hydrogens (tertiary/aromatic N) is 2. The predicted octanol–water partition coefficient (Wildman–Crippen LogP) is 0.759. The average Bonchev–Trinajstić information content (AvgIpc) is 3.06. The molecule has 144 valence electrons. The van der Waals surface area contributed by atoms with Crippen LogP contribution in [0.5, 0.6) is 0 Å². The topological polar surface area (TPSA) is 95.7 Å². The van der Waals surface area contributed by atoms with Crippen LogP contribution in [0.1, 0.15) is 54.6 Å². The van der Waals surface area contributed by atoms with Crippen molar-refractivity contribution in [2.45, 2.75) is 63.8 Å². The van der Waals surface area contributed by atoms with Crippen LogP contribution in [0, 0.1) is 0 Å². The van der Waals surface area contributed by atoms with Crippen LogP contribution in [-0.4, -0.2) is 51.7 Å². The largest absolute Gasteiger partial charge is 0.326 e. The molecule has 2 saturated heterocycles. The first-order valence-electron chi connectivity index (χ1n) is 9.54. The third kappa shape index (κ3) is 3.04. The van der Waals surface area contributed by atoms with Gasteiger partial charge in [0.2, 0.25) is 11.8 Å². The van der Waals surface area contributed by atoms with Crippen LogP contribution in [0.2, 0.25) is 0 Å². The Morgan fingerprint density at radius 3 is 2.67 bits per heavy atom. The highest BCUT2D eigenvalue weighted by molar-refractivity contribution is 6.05. The van der Waals surface area contributed by atoms with E-state index in [-0.39, 0.29) is 35.7 Å². The molecule has 0 aliphatic carbocycles. The van der Waals surface area contributed by atoms with Crippen molar-refractivity contribution >= 4 is 17.7 Å². The van der Waals surface area contributed by atoms with Gasteiger partial charge in [0.25, 0.3) is 5.91 Å². The standard InChI is InChI=1S/C20H26N4O3/c1-20(2)16(21)7-8-23(20)10-12-3-4-13-11-24(19(27)14(13)9-12)15-5-6-17(25)22-18(15)26/h3-4,9,15-16H,5-8,10-11,21H2,1-2H3,(H,22,25,26). The minimum Gasteiger partial charge on any atom is -0.326 e. The highest BCUT2D eigenvalue weighted by Gasteiger charge is 2.40. The number of fused-ring (bicyclic) bond motifs is 1. The fourth-order valence-electron chi connectivity index (χ4n) is 4.37. The Morgan fingerprint density at radius 2 is 2.00 bits per heavy atom. The van der Waals surface area contributed by atoms with Crippen molar-refractivity contribution in [2.24, 2.45) is 5.73 Å². The van der Waals surface area contributed by atoms with Crippen molar-refractivity contribution in [3.8, 4) is 0 Å². The summed E-state index contributed by atoms with van der Waals surface area (Å²) < 4.78 is 0. The molecule has 0 aromatic heterocycles. The lowest BCUT2D eigenvalue weighted by molar-refractivity contribution is -0.136. The van der Waals surface area contributed by atoms with Gasteiger partial charge >= 0.3 is 0 Å². The molecule has 4 rings (SSSR count). The van der Waals surface area contributed by atoms with Crippen LogP contribution in [0.3, 0.4) is 0 Å². The maximum absolute atomic E-state index is 12.9. The Labute approximate surface area is 158 Å². The minimum absolute atomic E-state index is 0.0677. The van der Waals surface area contributed by atoms with Crippen LogP contribution in [-0.2, 0) is 22.7 Å². The maximum Gasteiger partial charge on any atom is 0.255 e. The molecule has 1 aromatic rings. The molecular formula is C20H26N4O3. The van der Waals surface area contributed by atoms with Crippen molar-refractivity contribution in [3.05, 3.63) is 34.9 Å². The molecule has 0 radical (unpaired) electrons. The molecule has 27 heavy (non-hydrogen) atoms. The fourth-order valence-corrected chi connectivity index (χ4v) is 4.37. The lowest BCUT2D eigenvalue weighted by Crippen LogP contribution is -2.52. The van der Waals surface area contributed by atoms with Crippen LogP contribution in [0.25, 0.3) is 0 Å². The highest BCUT2D eigenvalue weighted by atomic mass is 16.2. The van der Waals surface area contributed by atoms with Gasteiger partial charge in [-0.05, 0) is 43.9 Å². The zero-order chi connectivity index (χ0) is 19.3. The molecule has 0 bridgehead atoms. The van der Waals surface area contributed by atoms with E-state index >= 15 is 0 Å². The average molecular weight is 370 g/mol. The Hall–Kier alpha value is -2.25. The van der Waals surface area contributed by atoms with E-state index in [2.05, 4.69) is 30.1 Å². The number of likely N-dealkylation sites (tertiary alicyclic amines) is 1. The Kier molecular flexibility index (Phi) is 4.31. The highest BCUT2D eigenvalue weighted by Crippen LogP contribution is 2.32. The molecule has 3 aliphatic rings. The predicted molar refractivity (Wildman–Crippen MR) is 99.6 cm³/mol. The molecule has 3 N–H and O–H groups in total. The van der Waals surface area contributed by atoms with E-state index in [1.54, 1.807) is 4.90 Å². The summed E-state index contributed by atoms with van der Waals surface area (Å²) in [6, 6.07) is 5.57. The van der Waals surface area contributed by atoms with E-state index in [0.29, 0.717) is 18.5 Å². The first-order chi connectivity index (χ1) is 12.8. The number of imide groups is 1. The number of rotatable bonds is 3. The van der Waals surface area contributed by atoms with Gasteiger partial charge in [0, 0.05) is 43.2 Å². The van der Waals surface area contributed by atoms with Gasteiger partial charge < -0.3 is 10.6 Å². The monoisotopic (exact) mass is 370 g/mol. The smallest absolute Gasteiger partial charge is 0.255 e. The van der Waals surface area contributed by atoms with Gasteiger partial charge in [0.15, 0.2) is 0 Å². The van der Waals surface area contributed by atoms with E-state index < -0.39 is 6.04 Å². The van der Waals surface area contributed by atoms with E-state index in [1.165, 1.54) is 0 Å². The lowest BCUT2D eigenvalue weighted by Gasteiger charge is -2.34. The van der Waals surface area contributed by atoms with Crippen LogP contribution in [0.4, 0.5) is 0 Å². The number of nitrogens with two attached hydrogens (primary N) is 1. The molecule has 1 aromatic carbocycles. The van der Waals surface area contributed by atoms with Crippen molar-refractivity contribution in [3.63, 3.8) is 0 Å². The summed E-state index contributed by atoms with van der Waals surface area (Å²) in [6.07, 6.45) is 1.63. The molecule has 0 saturated carbocycles. The third-order valence-corrected chi connectivity index (χ3v) is 6.40. The second kappa shape index (κ2) is 6.42. The van der Waals surface area contributed by atoms with Gasteiger partial charge in [-0.1, -0.05) is 12.1 Å². The van der Waals surface area contributed by atoms with Crippen molar-refractivity contribution in [2.75, 3.05) is 6.54 Å². The summed E-state index contributed by atoms with van der Waals surface area (Å²) in [4.78, 5) is 40.4. The third-order valence-electron chi connectivity index (χ3n) is 6.40. The summed E-state index contributed by atoms with van der Waals surface area (Å²) in [5, 5.41) is 2.34. The Balaban J connectivity index is 1.52. The first-order valence-corrected chi connectivity index (χ1v) is 9.54. The maximum atomic E-state index is 12.9. The quantitative estimate of drug-likeness (QED) is 0.766. The molecule has 0 spiro atoms. The molecule has 7 nitrogen and oxygen atoms in total. The number of nitrogens with one attached hydrogen (secondary N) is 1. The number of benzene rings is 1. The molecule has 2 fully saturated rings. The van der Waals surface area contributed by atoms with Crippen molar-refractivity contribution in [1.82, 2.24) is 15.1 Å². The minimum atomic E-state index is -0.568. The van der Waals surface area contributed by atoms with Gasteiger partial charge in [-0.15, -0.1) is 0 Å². The zero-order valence-electron chi connectivity index (χ0n) is 15.8. The molecule has 2 atom stereocenters. The van der Waals surface area contributed by atoms with Crippen LogP contribution in [0.15, 0.2) is 18.2 Å². The Bertz CT molecular complexity index is 819. The molecule has 3 amide bonds. The van der Waals surface area contributed by atoms with Gasteiger partial charge in [0.05, 0.1) is 0 Å². The summed E-state index contributed by atoms with van der Waals surface area (Å²) in [6.45, 7) is 6.43. The fraction of sp³-hybridized carbons (Fsp3) is 0.550. The number of hydrogen-bond acceptors (Lipinski definition) is 5. The van der Waals surface area contributed by atoms with Gasteiger partial charge in [-0.3, -0.25) is 24.6 Å². The lowest BCUT2D eigenvalue weighted by atomic mass is 9.96. The second-order valence-corrected chi connectivity index (χ2v) is 8.36. The number of amides is 3. The summed E-state index contributed by atoms with van der Waals surface area (Å²) >= 11 is 0. The molecule has 2 unspecified atom stereocenters. The first kappa shape index (κ1) is 18.1. The molecule has 3 aliphatic heterocycles. The Morgan fingerprint density at radius 1 is 1.22 bits per heavy atom. The van der Waals surface area contributed by atoms with E-state index in [9.17, 15) is 14.4 Å².